The molecule has 0 aromatic heterocycles. The minimum Gasteiger partial charge on any atom is -0.480 e. The van der Waals surface area contributed by atoms with Crippen molar-refractivity contribution in [1.82, 2.24) is 4.90 Å². The van der Waals surface area contributed by atoms with Gasteiger partial charge in [0, 0.05) is 11.9 Å². The molecule has 1 aromatic carbocycles. The standard InChI is InChI=1S/C14H17NO3S/c1-15(8-14(17)18)13(16)9-19-12-6-5-10-3-2-4-11(10)7-12/h5-7H,2-4,8-9H2,1H3,(H,17,18). The molecule has 2 rings (SSSR count). The van der Waals surface area contributed by atoms with Crippen molar-refractivity contribution in [2.75, 3.05) is 19.3 Å². The Kier molecular flexibility index (Phi) is 4.47. The van der Waals surface area contributed by atoms with Gasteiger partial charge in [-0.1, -0.05) is 6.07 Å². The Morgan fingerprint density at radius 3 is 2.79 bits per heavy atom. The third-order valence-corrected chi connectivity index (χ3v) is 4.21. The maximum atomic E-state index is 11.7. The first kappa shape index (κ1) is 13.9. The van der Waals surface area contributed by atoms with Gasteiger partial charge in [0.15, 0.2) is 0 Å². The van der Waals surface area contributed by atoms with Crippen molar-refractivity contribution in [3.63, 3.8) is 0 Å². The van der Waals surface area contributed by atoms with E-state index in [0.717, 1.165) is 17.7 Å². The number of carbonyl (C=O) groups excluding carboxylic acids is 1. The van der Waals surface area contributed by atoms with Crippen LogP contribution >= 0.6 is 11.8 Å². The molecule has 1 aliphatic rings. The molecule has 0 radical (unpaired) electrons. The van der Waals surface area contributed by atoms with Crippen molar-refractivity contribution in [1.29, 1.82) is 0 Å². The molecule has 0 saturated heterocycles. The fourth-order valence-corrected chi connectivity index (χ4v) is 3.08. The zero-order valence-electron chi connectivity index (χ0n) is 10.9. The van der Waals surface area contributed by atoms with Crippen LogP contribution in [0.3, 0.4) is 0 Å². The molecule has 1 amide bonds. The molecule has 0 spiro atoms. The minimum atomic E-state index is -0.988. The van der Waals surface area contributed by atoms with Crippen LogP contribution in [0.4, 0.5) is 0 Å². The number of aryl methyl sites for hydroxylation is 2. The molecular formula is C14H17NO3S. The first-order valence-electron chi connectivity index (χ1n) is 6.26. The number of amides is 1. The number of carboxylic acid groups (broad SMARTS) is 1. The van der Waals surface area contributed by atoms with Gasteiger partial charge in [-0.05, 0) is 42.5 Å². The zero-order chi connectivity index (χ0) is 13.8. The van der Waals surface area contributed by atoms with E-state index in [1.807, 2.05) is 6.07 Å². The van der Waals surface area contributed by atoms with Crippen LogP contribution < -0.4 is 0 Å². The second kappa shape index (κ2) is 6.10. The second-order valence-electron chi connectivity index (χ2n) is 4.72. The Morgan fingerprint density at radius 2 is 2.05 bits per heavy atom. The van der Waals surface area contributed by atoms with E-state index in [-0.39, 0.29) is 18.2 Å². The van der Waals surface area contributed by atoms with Gasteiger partial charge in [0.05, 0.1) is 5.75 Å². The number of aliphatic carboxylic acids is 1. The Bertz CT molecular complexity index is 501. The van der Waals surface area contributed by atoms with Gasteiger partial charge >= 0.3 is 5.97 Å². The van der Waals surface area contributed by atoms with E-state index in [1.165, 1.54) is 41.3 Å². The van der Waals surface area contributed by atoms with Crippen LogP contribution in [0.2, 0.25) is 0 Å². The van der Waals surface area contributed by atoms with Crippen molar-refractivity contribution >= 4 is 23.6 Å². The Morgan fingerprint density at radius 1 is 1.32 bits per heavy atom. The lowest BCUT2D eigenvalue weighted by atomic mass is 10.1. The van der Waals surface area contributed by atoms with Crippen molar-refractivity contribution < 1.29 is 14.7 Å². The molecule has 0 saturated carbocycles. The third-order valence-electron chi connectivity index (χ3n) is 3.23. The molecule has 1 N–H and O–H groups in total. The van der Waals surface area contributed by atoms with Crippen molar-refractivity contribution in [2.24, 2.45) is 0 Å². The molecule has 0 unspecified atom stereocenters. The number of benzene rings is 1. The van der Waals surface area contributed by atoms with Gasteiger partial charge in [0.25, 0.3) is 0 Å². The molecule has 0 fully saturated rings. The van der Waals surface area contributed by atoms with Gasteiger partial charge in [0.2, 0.25) is 5.91 Å². The summed E-state index contributed by atoms with van der Waals surface area (Å²) in [6, 6.07) is 6.33. The molecule has 5 heteroatoms. The molecule has 1 aliphatic carbocycles. The van der Waals surface area contributed by atoms with Gasteiger partial charge < -0.3 is 10.0 Å². The predicted octanol–water partition coefficient (Wildman–Crippen LogP) is 1.81. The smallest absolute Gasteiger partial charge is 0.323 e. The number of likely N-dealkylation sites (N-methyl/N-ethyl adjacent to an activating group) is 1. The molecule has 19 heavy (non-hydrogen) atoms. The summed E-state index contributed by atoms with van der Waals surface area (Å²) in [5, 5.41) is 8.62. The van der Waals surface area contributed by atoms with Gasteiger partial charge in [-0.15, -0.1) is 11.8 Å². The van der Waals surface area contributed by atoms with Gasteiger partial charge in [-0.2, -0.15) is 0 Å². The summed E-state index contributed by atoms with van der Waals surface area (Å²) in [5.41, 5.74) is 2.80. The molecular weight excluding hydrogens is 262 g/mol. The number of thioether (sulfide) groups is 1. The van der Waals surface area contributed by atoms with Crippen molar-refractivity contribution in [3.8, 4) is 0 Å². The van der Waals surface area contributed by atoms with Gasteiger partial charge in [-0.25, -0.2) is 0 Å². The summed E-state index contributed by atoms with van der Waals surface area (Å²) in [6.07, 6.45) is 3.49. The van der Waals surface area contributed by atoms with Crippen LogP contribution in [0.25, 0.3) is 0 Å². The van der Waals surface area contributed by atoms with Crippen LogP contribution in [0.5, 0.6) is 0 Å². The van der Waals surface area contributed by atoms with E-state index in [2.05, 4.69) is 12.1 Å². The quantitative estimate of drug-likeness (QED) is 0.835. The lowest BCUT2D eigenvalue weighted by Crippen LogP contribution is -2.33. The SMILES string of the molecule is CN(CC(=O)O)C(=O)CSc1ccc2c(c1)CCC2. The average Bonchev–Trinajstić information content (AvgIpc) is 2.82. The first-order chi connectivity index (χ1) is 9.06. The maximum Gasteiger partial charge on any atom is 0.323 e. The van der Waals surface area contributed by atoms with Crippen molar-refractivity contribution in [3.05, 3.63) is 29.3 Å². The Balaban J connectivity index is 1.88. The van der Waals surface area contributed by atoms with Gasteiger partial charge in [0.1, 0.15) is 6.54 Å². The minimum absolute atomic E-state index is 0.159. The van der Waals surface area contributed by atoms with Crippen molar-refractivity contribution in [2.45, 2.75) is 24.2 Å². The second-order valence-corrected chi connectivity index (χ2v) is 5.77. The number of hydrogen-bond acceptors (Lipinski definition) is 3. The van der Waals surface area contributed by atoms with E-state index in [0.29, 0.717) is 0 Å². The van der Waals surface area contributed by atoms with E-state index in [1.54, 1.807) is 0 Å². The van der Waals surface area contributed by atoms with E-state index in [4.69, 9.17) is 5.11 Å². The number of carbonyl (C=O) groups is 2. The van der Waals surface area contributed by atoms with Gasteiger partial charge in [-0.3, -0.25) is 9.59 Å². The highest BCUT2D eigenvalue weighted by molar-refractivity contribution is 8.00. The number of rotatable bonds is 5. The Labute approximate surface area is 116 Å². The molecule has 4 nitrogen and oxygen atoms in total. The summed E-state index contributed by atoms with van der Waals surface area (Å²) >= 11 is 1.47. The molecule has 102 valence electrons. The van der Waals surface area contributed by atoms with E-state index in [9.17, 15) is 9.59 Å². The zero-order valence-corrected chi connectivity index (χ0v) is 11.7. The maximum absolute atomic E-state index is 11.7. The van der Waals surface area contributed by atoms with Crippen LogP contribution in [-0.4, -0.2) is 41.2 Å². The third kappa shape index (κ3) is 3.73. The number of nitrogens with zero attached hydrogens (tertiary/aromatic N) is 1. The molecule has 0 aliphatic heterocycles. The fourth-order valence-electron chi connectivity index (χ4n) is 2.18. The predicted molar refractivity (Wildman–Crippen MR) is 74.5 cm³/mol. The normalized spacial score (nSPS) is 13.1. The van der Waals surface area contributed by atoms with Crippen LogP contribution in [-0.2, 0) is 22.4 Å². The number of carboxylic acids is 1. The fraction of sp³-hybridized carbons (Fsp3) is 0.429. The largest absolute Gasteiger partial charge is 0.480 e. The highest BCUT2D eigenvalue weighted by atomic mass is 32.2. The topological polar surface area (TPSA) is 57.6 Å². The monoisotopic (exact) mass is 279 g/mol. The lowest BCUT2D eigenvalue weighted by Gasteiger charge is -2.14. The molecule has 1 aromatic rings. The molecule has 0 heterocycles. The highest BCUT2D eigenvalue weighted by Crippen LogP contribution is 2.27. The number of hydrogen-bond donors (Lipinski definition) is 1. The summed E-state index contributed by atoms with van der Waals surface area (Å²) in [6.45, 7) is -0.246. The lowest BCUT2D eigenvalue weighted by molar-refractivity contribution is -0.142. The van der Waals surface area contributed by atoms with E-state index < -0.39 is 5.97 Å². The Hall–Kier alpha value is -1.49. The summed E-state index contributed by atoms with van der Waals surface area (Å²) < 4.78 is 0. The van der Waals surface area contributed by atoms with Crippen LogP contribution in [0.1, 0.15) is 17.5 Å². The average molecular weight is 279 g/mol. The molecule has 0 atom stereocenters. The molecule has 0 bridgehead atoms. The number of fused-ring (bicyclic) bond motifs is 1. The highest BCUT2D eigenvalue weighted by Gasteiger charge is 2.14. The summed E-state index contributed by atoms with van der Waals surface area (Å²) in [4.78, 5) is 24.6. The summed E-state index contributed by atoms with van der Waals surface area (Å²) in [7, 11) is 1.51. The van der Waals surface area contributed by atoms with E-state index >= 15 is 0 Å². The first-order valence-corrected chi connectivity index (χ1v) is 7.25. The van der Waals surface area contributed by atoms with Crippen LogP contribution in [0.15, 0.2) is 23.1 Å². The summed E-state index contributed by atoms with van der Waals surface area (Å²) in [5.74, 6) is -0.867. The van der Waals surface area contributed by atoms with Crippen LogP contribution in [0, 0.1) is 0 Å².